The second-order valence-corrected chi connectivity index (χ2v) is 4.83. The highest BCUT2D eigenvalue weighted by molar-refractivity contribution is 7.98. The first-order valence-corrected chi connectivity index (χ1v) is 6.35. The van der Waals surface area contributed by atoms with E-state index in [0.717, 1.165) is 12.1 Å². The molecule has 0 unspecified atom stereocenters. The van der Waals surface area contributed by atoms with Crippen LogP contribution < -0.4 is 0 Å². The predicted molar refractivity (Wildman–Crippen MR) is 67.0 cm³/mol. The lowest BCUT2D eigenvalue weighted by molar-refractivity contribution is 0.506. The molecule has 2 rings (SSSR count). The number of thioether (sulfide) groups is 1. The summed E-state index contributed by atoms with van der Waals surface area (Å²) < 4.78 is 38.9. The number of halogens is 3. The van der Waals surface area contributed by atoms with Crippen LogP contribution in [0.2, 0.25) is 0 Å². The van der Waals surface area contributed by atoms with Crippen LogP contribution in [-0.4, -0.2) is 0 Å². The average molecular weight is 279 g/mol. The Balaban J connectivity index is 2.16. The van der Waals surface area contributed by atoms with Gasteiger partial charge in [-0.2, -0.15) is 5.26 Å². The average Bonchev–Trinajstić information content (AvgIpc) is 2.40. The van der Waals surface area contributed by atoms with E-state index in [1.165, 1.54) is 36.0 Å². The van der Waals surface area contributed by atoms with Gasteiger partial charge in [0.25, 0.3) is 0 Å². The normalized spacial score (nSPS) is 10.2. The zero-order valence-corrected chi connectivity index (χ0v) is 10.5. The number of hydrogen-bond acceptors (Lipinski definition) is 2. The van der Waals surface area contributed by atoms with Gasteiger partial charge in [0, 0.05) is 10.6 Å². The van der Waals surface area contributed by atoms with Crippen molar-refractivity contribution in [1.82, 2.24) is 0 Å². The molecule has 0 fully saturated rings. The van der Waals surface area contributed by atoms with Gasteiger partial charge in [-0.15, -0.1) is 11.8 Å². The van der Waals surface area contributed by atoms with Crippen LogP contribution >= 0.6 is 11.8 Å². The van der Waals surface area contributed by atoms with Crippen molar-refractivity contribution < 1.29 is 13.2 Å². The highest BCUT2D eigenvalue weighted by Gasteiger charge is 2.07. The second kappa shape index (κ2) is 5.81. The lowest BCUT2D eigenvalue weighted by atomic mass is 10.1. The Labute approximate surface area is 112 Å². The van der Waals surface area contributed by atoms with E-state index in [1.807, 2.05) is 6.07 Å². The summed E-state index contributed by atoms with van der Waals surface area (Å²) in [4.78, 5) is 0.520. The van der Waals surface area contributed by atoms with E-state index in [-0.39, 0.29) is 0 Å². The first-order chi connectivity index (χ1) is 9.10. The fourth-order valence-electron chi connectivity index (χ4n) is 1.52. The van der Waals surface area contributed by atoms with E-state index in [0.29, 0.717) is 21.8 Å². The number of nitriles is 1. The number of nitrogens with zero attached hydrogens (tertiary/aromatic N) is 1. The maximum atomic E-state index is 13.1. The minimum Gasteiger partial charge on any atom is -0.207 e. The Bertz CT molecular complexity index is 650. The summed E-state index contributed by atoms with van der Waals surface area (Å²) in [6, 6.07) is 9.40. The monoisotopic (exact) mass is 279 g/mol. The lowest BCUT2D eigenvalue weighted by Crippen LogP contribution is -1.90. The first kappa shape index (κ1) is 13.5. The summed E-state index contributed by atoms with van der Waals surface area (Å²) in [6.07, 6.45) is 0. The van der Waals surface area contributed by atoms with E-state index in [2.05, 4.69) is 0 Å². The molecule has 0 bridgehead atoms. The molecule has 0 heterocycles. The third-order valence-corrected chi connectivity index (χ3v) is 3.52. The van der Waals surface area contributed by atoms with E-state index >= 15 is 0 Å². The molecule has 0 aliphatic heterocycles. The van der Waals surface area contributed by atoms with Crippen molar-refractivity contribution in [3.63, 3.8) is 0 Å². The fourth-order valence-corrected chi connectivity index (χ4v) is 2.43. The van der Waals surface area contributed by atoms with Gasteiger partial charge in [0.2, 0.25) is 0 Å². The summed E-state index contributed by atoms with van der Waals surface area (Å²) in [7, 11) is 0. The molecule has 2 aromatic rings. The van der Waals surface area contributed by atoms with Crippen molar-refractivity contribution in [2.45, 2.75) is 10.6 Å². The van der Waals surface area contributed by atoms with Crippen molar-refractivity contribution in [3.8, 4) is 6.07 Å². The van der Waals surface area contributed by atoms with Gasteiger partial charge in [0.05, 0.1) is 11.6 Å². The van der Waals surface area contributed by atoms with E-state index in [1.54, 1.807) is 0 Å². The minimum atomic E-state index is -0.926. The zero-order chi connectivity index (χ0) is 13.8. The largest absolute Gasteiger partial charge is 0.207 e. The molecule has 0 aliphatic rings. The minimum absolute atomic E-state index is 0.311. The summed E-state index contributed by atoms with van der Waals surface area (Å²) in [5, 5.41) is 8.90. The smallest absolute Gasteiger partial charge is 0.159 e. The molecule has 0 saturated heterocycles. The van der Waals surface area contributed by atoms with Crippen LogP contribution in [0, 0.1) is 28.8 Å². The van der Waals surface area contributed by atoms with Gasteiger partial charge >= 0.3 is 0 Å². The van der Waals surface area contributed by atoms with Gasteiger partial charge in [-0.25, -0.2) is 13.2 Å². The third kappa shape index (κ3) is 3.30. The van der Waals surface area contributed by atoms with Crippen molar-refractivity contribution in [2.75, 3.05) is 0 Å². The van der Waals surface area contributed by atoms with Crippen LogP contribution in [0.25, 0.3) is 0 Å². The van der Waals surface area contributed by atoms with Gasteiger partial charge in [0.1, 0.15) is 5.82 Å². The highest BCUT2D eigenvalue weighted by Crippen LogP contribution is 2.26. The highest BCUT2D eigenvalue weighted by atomic mass is 32.2. The Kier molecular flexibility index (Phi) is 4.13. The van der Waals surface area contributed by atoms with Gasteiger partial charge in [-0.1, -0.05) is 0 Å². The molecule has 0 spiro atoms. The van der Waals surface area contributed by atoms with Crippen molar-refractivity contribution >= 4 is 11.8 Å². The second-order valence-electron chi connectivity index (χ2n) is 3.78. The van der Waals surface area contributed by atoms with E-state index in [9.17, 15) is 13.2 Å². The number of rotatable bonds is 3. The molecule has 2 aromatic carbocycles. The quantitative estimate of drug-likeness (QED) is 0.783. The Morgan fingerprint density at radius 2 is 1.79 bits per heavy atom. The number of hydrogen-bond donors (Lipinski definition) is 0. The van der Waals surface area contributed by atoms with Crippen LogP contribution in [0.5, 0.6) is 0 Å². The Morgan fingerprint density at radius 3 is 2.47 bits per heavy atom. The van der Waals surface area contributed by atoms with Crippen LogP contribution in [0.15, 0.2) is 41.3 Å². The molecule has 96 valence electrons. The standard InChI is InChI=1S/C14H8F3NS/c15-11-2-1-9(7-18)10(5-11)8-19-12-3-4-13(16)14(17)6-12/h1-6H,8H2. The van der Waals surface area contributed by atoms with Gasteiger partial charge in [0.15, 0.2) is 11.6 Å². The molecule has 0 N–H and O–H groups in total. The van der Waals surface area contributed by atoms with Crippen LogP contribution in [0.1, 0.15) is 11.1 Å². The summed E-state index contributed by atoms with van der Waals surface area (Å²) in [5.74, 6) is -1.96. The van der Waals surface area contributed by atoms with Crippen LogP contribution in [0.4, 0.5) is 13.2 Å². The third-order valence-electron chi connectivity index (χ3n) is 2.47. The topological polar surface area (TPSA) is 23.8 Å². The Hall–Kier alpha value is -1.93. The lowest BCUT2D eigenvalue weighted by Gasteiger charge is -2.05. The van der Waals surface area contributed by atoms with E-state index in [4.69, 9.17) is 5.26 Å². The molecule has 0 atom stereocenters. The maximum Gasteiger partial charge on any atom is 0.159 e. The summed E-state index contributed by atoms with van der Waals surface area (Å²) in [6.45, 7) is 0. The predicted octanol–water partition coefficient (Wildman–Crippen LogP) is 4.27. The molecule has 0 aliphatic carbocycles. The fraction of sp³-hybridized carbons (Fsp3) is 0.0714. The molecule has 0 radical (unpaired) electrons. The molecule has 5 heteroatoms. The molecule has 0 amide bonds. The molecule has 1 nitrogen and oxygen atoms in total. The van der Waals surface area contributed by atoms with Crippen molar-refractivity contribution in [3.05, 3.63) is 65.0 Å². The van der Waals surface area contributed by atoms with Crippen LogP contribution in [0.3, 0.4) is 0 Å². The summed E-state index contributed by atoms with van der Waals surface area (Å²) >= 11 is 1.21. The van der Waals surface area contributed by atoms with Gasteiger partial charge in [-0.05, 0) is 42.0 Å². The SMILES string of the molecule is N#Cc1ccc(F)cc1CSc1ccc(F)c(F)c1. The maximum absolute atomic E-state index is 13.1. The first-order valence-electron chi connectivity index (χ1n) is 5.36. The molecular formula is C14H8F3NS. The molecular weight excluding hydrogens is 271 g/mol. The molecule has 0 aromatic heterocycles. The molecule has 0 saturated carbocycles. The van der Waals surface area contributed by atoms with Gasteiger partial charge < -0.3 is 0 Å². The van der Waals surface area contributed by atoms with Crippen LogP contribution in [-0.2, 0) is 5.75 Å². The summed E-state index contributed by atoms with van der Waals surface area (Å²) in [5.41, 5.74) is 0.897. The van der Waals surface area contributed by atoms with Crippen molar-refractivity contribution in [2.24, 2.45) is 0 Å². The Morgan fingerprint density at radius 1 is 1.00 bits per heavy atom. The number of benzene rings is 2. The van der Waals surface area contributed by atoms with Crippen molar-refractivity contribution in [1.29, 1.82) is 5.26 Å². The molecule has 19 heavy (non-hydrogen) atoms. The van der Waals surface area contributed by atoms with E-state index < -0.39 is 17.5 Å². The van der Waals surface area contributed by atoms with Gasteiger partial charge in [-0.3, -0.25) is 0 Å². The zero-order valence-electron chi connectivity index (χ0n) is 9.66.